The fraction of sp³-hybridized carbons (Fsp3) is 0.231. The van der Waals surface area contributed by atoms with E-state index in [0.717, 1.165) is 0 Å². The molecule has 6 nitrogen and oxygen atoms in total. The summed E-state index contributed by atoms with van der Waals surface area (Å²) in [6, 6.07) is 18.5. The molecule has 0 aliphatic carbocycles. The number of thioether (sulfide) groups is 1. The first-order chi connectivity index (χ1) is 16.5. The molecular weight excluding hydrogens is 455 g/mol. The highest BCUT2D eigenvalue weighted by molar-refractivity contribution is 8.01. The number of halogens is 1. The van der Waals surface area contributed by atoms with Gasteiger partial charge >= 0.3 is 0 Å². The minimum atomic E-state index is -1.21. The average molecular weight is 479 g/mol. The Kier molecular flexibility index (Phi) is 5.69. The number of amides is 2. The zero-order valence-corrected chi connectivity index (χ0v) is 19.6. The third-order valence-corrected chi connectivity index (χ3v) is 7.63. The fourth-order valence-electron chi connectivity index (χ4n) is 4.59. The zero-order valence-electron chi connectivity index (χ0n) is 18.8. The van der Waals surface area contributed by atoms with Crippen LogP contribution in [-0.2, 0) is 16.2 Å². The molecule has 5 rings (SSSR count). The summed E-state index contributed by atoms with van der Waals surface area (Å²) in [6.07, 6.45) is 0. The van der Waals surface area contributed by atoms with Gasteiger partial charge in [-0.15, -0.1) is 11.8 Å². The van der Waals surface area contributed by atoms with E-state index < -0.39 is 4.87 Å². The number of anilines is 1. The Bertz CT molecular complexity index is 1270. The van der Waals surface area contributed by atoms with Crippen molar-refractivity contribution in [2.24, 2.45) is 0 Å². The van der Waals surface area contributed by atoms with Crippen molar-refractivity contribution in [3.8, 4) is 11.5 Å². The first-order valence-corrected chi connectivity index (χ1v) is 11.8. The van der Waals surface area contributed by atoms with Crippen molar-refractivity contribution in [2.75, 3.05) is 31.4 Å². The number of hydrogen-bond acceptors (Lipinski definition) is 5. The number of rotatable bonds is 5. The average Bonchev–Trinajstić information content (AvgIpc) is 3.40. The highest BCUT2D eigenvalue weighted by Crippen LogP contribution is 2.55. The molecule has 3 aromatic rings. The monoisotopic (exact) mass is 478 g/mol. The molecule has 3 aromatic carbocycles. The molecule has 1 spiro atoms. The number of nitrogens with zero attached hydrogens (tertiary/aromatic N) is 2. The van der Waals surface area contributed by atoms with Gasteiger partial charge in [0.1, 0.15) is 17.3 Å². The van der Waals surface area contributed by atoms with Crippen LogP contribution in [0.25, 0.3) is 0 Å². The fourth-order valence-corrected chi connectivity index (χ4v) is 6.04. The number of carbonyl (C=O) groups is 2. The second kappa shape index (κ2) is 8.68. The predicted octanol–water partition coefficient (Wildman–Crippen LogP) is 4.43. The maximum Gasteiger partial charge on any atom is 0.268 e. The maximum atomic E-state index is 14.1. The lowest BCUT2D eigenvalue weighted by molar-refractivity contribution is -0.123. The summed E-state index contributed by atoms with van der Waals surface area (Å²) >= 11 is 1.44. The SMILES string of the molecule is COc1ccc(C(=O)N2CCS[C@@]23C(=O)N(Cc2cccc(F)c2)c2ccc(OC)cc23)cc1. The third kappa shape index (κ3) is 3.49. The number of methoxy groups -OCH3 is 2. The zero-order chi connectivity index (χ0) is 23.9. The van der Waals surface area contributed by atoms with E-state index in [4.69, 9.17) is 9.47 Å². The van der Waals surface area contributed by atoms with Gasteiger partial charge in [-0.2, -0.15) is 0 Å². The summed E-state index contributed by atoms with van der Waals surface area (Å²) in [5.41, 5.74) is 2.54. The largest absolute Gasteiger partial charge is 0.497 e. The molecule has 0 N–H and O–H groups in total. The van der Waals surface area contributed by atoms with Crippen LogP contribution in [0.4, 0.5) is 10.1 Å². The molecule has 2 aliphatic heterocycles. The van der Waals surface area contributed by atoms with Gasteiger partial charge in [0.05, 0.1) is 26.5 Å². The lowest BCUT2D eigenvalue weighted by atomic mass is 10.0. The second-order valence-corrected chi connectivity index (χ2v) is 9.37. The van der Waals surface area contributed by atoms with E-state index in [1.165, 1.54) is 23.9 Å². The van der Waals surface area contributed by atoms with Crippen LogP contribution in [0.15, 0.2) is 66.7 Å². The van der Waals surface area contributed by atoms with Gasteiger partial charge in [-0.05, 0) is 60.2 Å². The van der Waals surface area contributed by atoms with Gasteiger partial charge in [0.15, 0.2) is 4.87 Å². The topological polar surface area (TPSA) is 59.1 Å². The van der Waals surface area contributed by atoms with Gasteiger partial charge in [0.25, 0.3) is 11.8 Å². The molecular formula is C26H23FN2O4S. The lowest BCUT2D eigenvalue weighted by Crippen LogP contribution is -2.50. The Morgan fingerprint density at radius 3 is 2.47 bits per heavy atom. The van der Waals surface area contributed by atoms with Crippen molar-refractivity contribution in [2.45, 2.75) is 11.4 Å². The Hall–Kier alpha value is -3.52. The molecule has 2 amide bonds. The Balaban J connectivity index is 1.59. The van der Waals surface area contributed by atoms with Crippen LogP contribution in [0.2, 0.25) is 0 Å². The highest BCUT2D eigenvalue weighted by atomic mass is 32.2. The Labute approximate surface area is 201 Å². The summed E-state index contributed by atoms with van der Waals surface area (Å²) in [4.78, 5) is 29.8. The van der Waals surface area contributed by atoms with E-state index in [-0.39, 0.29) is 24.2 Å². The first kappa shape index (κ1) is 22.3. The molecule has 0 radical (unpaired) electrons. The van der Waals surface area contributed by atoms with E-state index in [9.17, 15) is 14.0 Å². The van der Waals surface area contributed by atoms with Crippen molar-refractivity contribution in [1.29, 1.82) is 0 Å². The number of ether oxygens (including phenoxy) is 2. The van der Waals surface area contributed by atoms with Crippen LogP contribution < -0.4 is 14.4 Å². The van der Waals surface area contributed by atoms with Crippen molar-refractivity contribution in [3.63, 3.8) is 0 Å². The van der Waals surface area contributed by atoms with Crippen LogP contribution in [0, 0.1) is 5.82 Å². The molecule has 2 aliphatic rings. The number of fused-ring (bicyclic) bond motifs is 2. The maximum absolute atomic E-state index is 14.1. The highest BCUT2D eigenvalue weighted by Gasteiger charge is 2.59. The summed E-state index contributed by atoms with van der Waals surface area (Å²) in [7, 11) is 3.13. The lowest BCUT2D eigenvalue weighted by Gasteiger charge is -2.33. The molecule has 0 saturated carbocycles. The molecule has 174 valence electrons. The van der Waals surface area contributed by atoms with Crippen LogP contribution in [0.5, 0.6) is 11.5 Å². The third-order valence-electron chi connectivity index (χ3n) is 6.21. The summed E-state index contributed by atoms with van der Waals surface area (Å²) in [5, 5.41) is 0. The van der Waals surface area contributed by atoms with E-state index in [1.54, 1.807) is 66.5 Å². The van der Waals surface area contributed by atoms with Crippen molar-refractivity contribution in [3.05, 3.63) is 89.2 Å². The Morgan fingerprint density at radius 1 is 1.03 bits per heavy atom. The van der Waals surface area contributed by atoms with Crippen LogP contribution in [0.3, 0.4) is 0 Å². The van der Waals surface area contributed by atoms with Crippen molar-refractivity contribution >= 4 is 29.3 Å². The number of hydrogen-bond donors (Lipinski definition) is 0. The molecule has 1 fully saturated rings. The number of benzene rings is 3. The van der Waals surface area contributed by atoms with Crippen molar-refractivity contribution in [1.82, 2.24) is 4.90 Å². The van der Waals surface area contributed by atoms with Gasteiger partial charge < -0.3 is 19.3 Å². The summed E-state index contributed by atoms with van der Waals surface area (Å²) < 4.78 is 24.5. The van der Waals surface area contributed by atoms with E-state index in [1.807, 2.05) is 12.1 Å². The first-order valence-electron chi connectivity index (χ1n) is 10.8. The standard InChI is InChI=1S/C26H23FN2O4S/c1-32-20-8-6-18(7-9-20)24(30)29-12-13-34-26(29)22-15-21(33-2)10-11-23(22)28(25(26)31)16-17-4-3-5-19(27)14-17/h3-11,14-15H,12-13,16H2,1-2H3/t26-/m0/s1. The molecule has 1 saturated heterocycles. The second-order valence-electron chi connectivity index (χ2n) is 8.08. The number of carbonyl (C=O) groups excluding carboxylic acids is 2. The summed E-state index contributed by atoms with van der Waals surface area (Å²) in [6.45, 7) is 0.620. The van der Waals surface area contributed by atoms with E-state index in [0.29, 0.717) is 46.2 Å². The molecule has 34 heavy (non-hydrogen) atoms. The van der Waals surface area contributed by atoms with Gasteiger partial charge in [-0.1, -0.05) is 12.1 Å². The molecule has 0 unspecified atom stereocenters. The van der Waals surface area contributed by atoms with E-state index >= 15 is 0 Å². The molecule has 0 aromatic heterocycles. The minimum absolute atomic E-state index is 0.197. The smallest absolute Gasteiger partial charge is 0.268 e. The minimum Gasteiger partial charge on any atom is -0.497 e. The van der Waals surface area contributed by atoms with Crippen LogP contribution >= 0.6 is 11.8 Å². The van der Waals surface area contributed by atoms with Gasteiger partial charge in [0, 0.05) is 23.4 Å². The molecule has 8 heteroatoms. The molecule has 0 bridgehead atoms. The van der Waals surface area contributed by atoms with Gasteiger partial charge in [-0.3, -0.25) is 9.59 Å². The van der Waals surface area contributed by atoms with Gasteiger partial charge in [0.2, 0.25) is 0 Å². The van der Waals surface area contributed by atoms with Crippen molar-refractivity contribution < 1.29 is 23.5 Å². The van der Waals surface area contributed by atoms with Crippen LogP contribution in [0.1, 0.15) is 21.5 Å². The van der Waals surface area contributed by atoms with E-state index in [2.05, 4.69) is 0 Å². The quantitative estimate of drug-likeness (QED) is 0.543. The summed E-state index contributed by atoms with van der Waals surface area (Å²) in [5.74, 6) is 1.04. The predicted molar refractivity (Wildman–Crippen MR) is 129 cm³/mol. The molecule has 1 atom stereocenters. The van der Waals surface area contributed by atoms with Gasteiger partial charge in [-0.25, -0.2) is 4.39 Å². The Morgan fingerprint density at radius 2 is 1.76 bits per heavy atom. The normalized spacial score (nSPS) is 19.0. The van der Waals surface area contributed by atoms with Crippen LogP contribution in [-0.4, -0.2) is 43.2 Å². The molecule has 2 heterocycles.